The minimum Gasteiger partial charge on any atom is -0.339 e. The number of aryl methyl sites for hydroxylation is 1. The van der Waals surface area contributed by atoms with Crippen LogP contribution in [0.25, 0.3) is 0 Å². The number of rotatable bonds is 5. The van der Waals surface area contributed by atoms with E-state index in [0.29, 0.717) is 30.2 Å². The third kappa shape index (κ3) is 4.21. The molecular weight excluding hydrogens is 412 g/mol. The van der Waals surface area contributed by atoms with Gasteiger partial charge in [0.2, 0.25) is 5.01 Å². The van der Waals surface area contributed by atoms with E-state index in [1.807, 2.05) is 18.2 Å². The molecule has 1 aliphatic rings. The standard InChI is InChI=1S/C18H20N6O3S2/c1-23-11-15(19-12-23)29(26,27)24-9-5-6-13(10-24)17-21-22-18(28-17)16(25)20-14-7-3-2-4-8-14/h2-4,7-8,11-13H,5-6,9-10H2,1H3,(H,20,25). The molecule has 11 heteroatoms. The van der Waals surface area contributed by atoms with Crippen molar-refractivity contribution < 1.29 is 13.2 Å². The average Bonchev–Trinajstić information content (AvgIpc) is 3.39. The monoisotopic (exact) mass is 432 g/mol. The fourth-order valence-electron chi connectivity index (χ4n) is 3.21. The summed E-state index contributed by atoms with van der Waals surface area (Å²) in [5, 5.41) is 11.9. The van der Waals surface area contributed by atoms with Gasteiger partial charge in [0.1, 0.15) is 5.01 Å². The third-order valence-corrected chi connectivity index (χ3v) is 7.52. The van der Waals surface area contributed by atoms with Crippen LogP contribution in [0.5, 0.6) is 0 Å². The summed E-state index contributed by atoms with van der Waals surface area (Å²) in [6.07, 6.45) is 4.47. The molecule has 1 aliphatic heterocycles. The maximum atomic E-state index is 12.8. The number of anilines is 1. The highest BCUT2D eigenvalue weighted by Gasteiger charge is 2.34. The first-order valence-electron chi connectivity index (χ1n) is 9.11. The largest absolute Gasteiger partial charge is 0.339 e. The van der Waals surface area contributed by atoms with Crippen LogP contribution in [0, 0.1) is 0 Å². The second-order valence-electron chi connectivity index (χ2n) is 6.85. The number of hydrogen-bond acceptors (Lipinski definition) is 7. The molecule has 3 aromatic rings. The zero-order chi connectivity index (χ0) is 20.4. The van der Waals surface area contributed by atoms with Crippen molar-refractivity contribution in [2.24, 2.45) is 7.05 Å². The number of carbonyl (C=O) groups excluding carboxylic acids is 1. The van der Waals surface area contributed by atoms with Crippen LogP contribution in [0.1, 0.15) is 33.6 Å². The van der Waals surface area contributed by atoms with Gasteiger partial charge in [0, 0.05) is 37.9 Å². The number of para-hydroxylation sites is 1. The number of hydrogen-bond donors (Lipinski definition) is 1. The maximum absolute atomic E-state index is 12.8. The molecule has 1 unspecified atom stereocenters. The summed E-state index contributed by atoms with van der Waals surface area (Å²) in [6.45, 7) is 0.739. The SMILES string of the molecule is Cn1cnc(S(=O)(=O)N2CCCC(c3nnc(C(=O)Nc4ccccc4)s3)C2)c1. The van der Waals surface area contributed by atoms with E-state index in [4.69, 9.17) is 0 Å². The minimum atomic E-state index is -3.65. The Morgan fingerprint density at radius 1 is 1.24 bits per heavy atom. The van der Waals surface area contributed by atoms with E-state index in [2.05, 4.69) is 20.5 Å². The first-order chi connectivity index (χ1) is 13.9. The van der Waals surface area contributed by atoms with Crippen LogP contribution in [0.4, 0.5) is 5.69 Å². The second-order valence-corrected chi connectivity index (χ2v) is 9.74. The molecule has 0 saturated carbocycles. The number of nitrogens with zero attached hydrogens (tertiary/aromatic N) is 5. The zero-order valence-corrected chi connectivity index (χ0v) is 17.4. The Hall–Kier alpha value is -2.63. The van der Waals surface area contributed by atoms with Gasteiger partial charge in [-0.1, -0.05) is 29.5 Å². The summed E-state index contributed by atoms with van der Waals surface area (Å²) in [7, 11) is -1.92. The molecule has 1 atom stereocenters. The smallest absolute Gasteiger partial charge is 0.286 e. The Balaban J connectivity index is 1.47. The summed E-state index contributed by atoms with van der Waals surface area (Å²) in [6, 6.07) is 9.12. The van der Waals surface area contributed by atoms with Crippen molar-refractivity contribution >= 4 is 33.0 Å². The predicted molar refractivity (Wildman–Crippen MR) is 108 cm³/mol. The van der Waals surface area contributed by atoms with Crippen LogP contribution in [0.3, 0.4) is 0 Å². The highest BCUT2D eigenvalue weighted by Crippen LogP contribution is 2.31. The van der Waals surface area contributed by atoms with Gasteiger partial charge >= 0.3 is 0 Å². The molecule has 0 spiro atoms. The van der Waals surface area contributed by atoms with Crippen LogP contribution in [0.15, 0.2) is 47.9 Å². The molecule has 1 N–H and O–H groups in total. The van der Waals surface area contributed by atoms with Crippen molar-refractivity contribution in [1.82, 2.24) is 24.1 Å². The molecule has 152 valence electrons. The normalized spacial score (nSPS) is 17.9. The van der Waals surface area contributed by atoms with E-state index in [0.717, 1.165) is 6.42 Å². The lowest BCUT2D eigenvalue weighted by Crippen LogP contribution is -2.39. The highest BCUT2D eigenvalue weighted by atomic mass is 32.2. The number of piperidine rings is 1. The van der Waals surface area contributed by atoms with E-state index in [-0.39, 0.29) is 21.9 Å². The molecule has 2 aromatic heterocycles. The number of carbonyl (C=O) groups is 1. The summed E-state index contributed by atoms with van der Waals surface area (Å²) in [5.74, 6) is -0.424. The number of aromatic nitrogens is 4. The van der Waals surface area contributed by atoms with Gasteiger partial charge < -0.3 is 9.88 Å². The van der Waals surface area contributed by atoms with E-state index < -0.39 is 10.0 Å². The molecule has 29 heavy (non-hydrogen) atoms. The van der Waals surface area contributed by atoms with Crippen molar-refractivity contribution in [2.45, 2.75) is 23.8 Å². The van der Waals surface area contributed by atoms with Gasteiger partial charge in [0.15, 0.2) is 5.03 Å². The summed E-state index contributed by atoms with van der Waals surface area (Å²) < 4.78 is 28.7. The lowest BCUT2D eigenvalue weighted by molar-refractivity contribution is 0.102. The number of nitrogens with one attached hydrogen (secondary N) is 1. The number of sulfonamides is 1. The quantitative estimate of drug-likeness (QED) is 0.661. The van der Waals surface area contributed by atoms with Crippen molar-refractivity contribution in [3.63, 3.8) is 0 Å². The number of benzene rings is 1. The Morgan fingerprint density at radius 2 is 2.03 bits per heavy atom. The van der Waals surface area contributed by atoms with Gasteiger partial charge in [0.25, 0.3) is 15.9 Å². The molecule has 3 heterocycles. The Labute approximate surface area is 172 Å². The molecule has 0 bridgehead atoms. The van der Waals surface area contributed by atoms with Gasteiger partial charge in [-0.25, -0.2) is 13.4 Å². The lowest BCUT2D eigenvalue weighted by Gasteiger charge is -2.30. The Morgan fingerprint density at radius 3 is 2.76 bits per heavy atom. The highest BCUT2D eigenvalue weighted by molar-refractivity contribution is 7.89. The molecule has 1 aromatic carbocycles. The molecule has 1 fully saturated rings. The van der Waals surface area contributed by atoms with Crippen LogP contribution in [-0.4, -0.2) is 51.5 Å². The maximum Gasteiger partial charge on any atom is 0.286 e. The van der Waals surface area contributed by atoms with Crippen LogP contribution >= 0.6 is 11.3 Å². The van der Waals surface area contributed by atoms with E-state index in [9.17, 15) is 13.2 Å². The van der Waals surface area contributed by atoms with Crippen LogP contribution in [0.2, 0.25) is 0 Å². The molecule has 1 saturated heterocycles. The minimum absolute atomic E-state index is 0.0424. The number of imidazole rings is 1. The Kier molecular flexibility index (Phi) is 5.43. The zero-order valence-electron chi connectivity index (χ0n) is 15.7. The average molecular weight is 433 g/mol. The second kappa shape index (κ2) is 8.01. The first kappa shape index (κ1) is 19.7. The predicted octanol–water partition coefficient (Wildman–Crippen LogP) is 2.09. The number of amides is 1. The molecule has 0 aliphatic carbocycles. The fraction of sp³-hybridized carbons (Fsp3) is 0.333. The Bertz CT molecular complexity index is 1110. The van der Waals surface area contributed by atoms with Crippen LogP contribution < -0.4 is 5.32 Å². The van der Waals surface area contributed by atoms with Crippen molar-refractivity contribution in [3.8, 4) is 0 Å². The van der Waals surface area contributed by atoms with Gasteiger partial charge in [0.05, 0.1) is 6.33 Å². The lowest BCUT2D eigenvalue weighted by atomic mass is 10.0. The summed E-state index contributed by atoms with van der Waals surface area (Å²) in [5.41, 5.74) is 0.680. The van der Waals surface area contributed by atoms with E-state index in [1.54, 1.807) is 23.7 Å². The van der Waals surface area contributed by atoms with Gasteiger partial charge in [-0.05, 0) is 25.0 Å². The summed E-state index contributed by atoms with van der Waals surface area (Å²) in [4.78, 5) is 16.4. The third-order valence-electron chi connectivity index (χ3n) is 4.69. The van der Waals surface area contributed by atoms with Gasteiger partial charge in [-0.15, -0.1) is 10.2 Å². The van der Waals surface area contributed by atoms with Crippen molar-refractivity contribution in [1.29, 1.82) is 0 Å². The van der Waals surface area contributed by atoms with Gasteiger partial charge in [-0.3, -0.25) is 4.79 Å². The summed E-state index contributed by atoms with van der Waals surface area (Å²) >= 11 is 1.20. The molecule has 9 nitrogen and oxygen atoms in total. The topological polar surface area (TPSA) is 110 Å². The fourth-order valence-corrected chi connectivity index (χ4v) is 5.57. The molecule has 1 amide bonds. The van der Waals surface area contributed by atoms with Gasteiger partial charge in [-0.2, -0.15) is 4.31 Å². The van der Waals surface area contributed by atoms with E-state index >= 15 is 0 Å². The first-order valence-corrected chi connectivity index (χ1v) is 11.4. The van der Waals surface area contributed by atoms with Crippen LogP contribution in [-0.2, 0) is 17.1 Å². The molecule has 0 radical (unpaired) electrons. The van der Waals surface area contributed by atoms with Crippen molar-refractivity contribution in [3.05, 3.63) is 52.9 Å². The van der Waals surface area contributed by atoms with Crippen molar-refractivity contribution in [2.75, 3.05) is 18.4 Å². The molecular formula is C18H20N6O3S2. The van der Waals surface area contributed by atoms with E-state index in [1.165, 1.54) is 28.2 Å². The molecule has 4 rings (SSSR count).